The van der Waals surface area contributed by atoms with Gasteiger partial charge in [-0.2, -0.15) is 0 Å². The zero-order valence-electron chi connectivity index (χ0n) is 16.8. The minimum absolute atomic E-state index is 0.198. The third-order valence-electron chi connectivity index (χ3n) is 6.86. The lowest BCUT2D eigenvalue weighted by Crippen LogP contribution is -2.54. The Balaban J connectivity index is 1.43. The normalized spacial score (nSPS) is 29.1. The summed E-state index contributed by atoms with van der Waals surface area (Å²) < 4.78 is 11.2. The molecule has 2 aromatic rings. The Bertz CT molecular complexity index is 881. The zero-order valence-corrected chi connectivity index (χ0v) is 16.8. The average Bonchev–Trinajstić information content (AvgIpc) is 3.22. The Kier molecular flexibility index (Phi) is 5.06. The fourth-order valence-electron chi connectivity index (χ4n) is 5.38. The molecule has 0 amide bonds. The van der Waals surface area contributed by atoms with Crippen molar-refractivity contribution in [1.82, 2.24) is 4.90 Å². The predicted molar refractivity (Wildman–Crippen MR) is 114 cm³/mol. The molecule has 4 nitrogen and oxygen atoms in total. The lowest BCUT2D eigenvalue weighted by Gasteiger charge is -2.52. The summed E-state index contributed by atoms with van der Waals surface area (Å²) in [5.41, 5.74) is 1.91. The largest absolute Gasteiger partial charge is 0.454 e. The molecule has 0 bridgehead atoms. The fraction of sp³-hybridized carbons (Fsp3) is 0.440. The Labute approximate surface area is 172 Å². The van der Waals surface area contributed by atoms with Gasteiger partial charge in [0.05, 0.1) is 5.60 Å². The van der Waals surface area contributed by atoms with Gasteiger partial charge in [0.1, 0.15) is 0 Å². The molecule has 2 fully saturated rings. The third kappa shape index (κ3) is 3.67. The molecule has 2 aromatic carbocycles. The van der Waals surface area contributed by atoms with Crippen LogP contribution in [0.15, 0.2) is 54.6 Å². The molecule has 2 heterocycles. The molecular formula is C25H29NO3. The van der Waals surface area contributed by atoms with Gasteiger partial charge >= 0.3 is 0 Å². The van der Waals surface area contributed by atoms with E-state index < -0.39 is 5.60 Å². The molecule has 1 N–H and O–H groups in total. The van der Waals surface area contributed by atoms with Crippen LogP contribution in [-0.4, -0.2) is 35.5 Å². The lowest BCUT2D eigenvalue weighted by molar-refractivity contribution is -0.122. The van der Waals surface area contributed by atoms with Crippen LogP contribution in [0, 0.1) is 5.92 Å². The first-order valence-corrected chi connectivity index (χ1v) is 10.8. The van der Waals surface area contributed by atoms with Crippen molar-refractivity contribution in [2.75, 3.05) is 19.9 Å². The van der Waals surface area contributed by atoms with Crippen molar-refractivity contribution < 1.29 is 14.6 Å². The van der Waals surface area contributed by atoms with Gasteiger partial charge in [-0.1, -0.05) is 61.4 Å². The molecule has 2 aliphatic heterocycles. The predicted octanol–water partition coefficient (Wildman–Crippen LogP) is 4.80. The number of ether oxygens (including phenoxy) is 2. The van der Waals surface area contributed by atoms with Gasteiger partial charge in [-0.15, -0.1) is 0 Å². The number of rotatable bonds is 4. The standard InChI is InChI=1S/C25H29NO3/c27-25-13-5-4-10-21(25)24(20-11-12-22-23(17-20)29-18-28-22)26(16-14-25)15-6-9-19-7-2-1-3-8-19/h1-3,6-9,11-12,17,21,24,27H,4-5,10,13-16,18H2/b9-6+/t21-,24-,25-/m0/s1. The molecule has 0 unspecified atom stereocenters. The first-order valence-electron chi connectivity index (χ1n) is 10.8. The van der Waals surface area contributed by atoms with E-state index in [1.807, 2.05) is 12.1 Å². The summed E-state index contributed by atoms with van der Waals surface area (Å²) in [6.45, 7) is 2.08. The Hall–Kier alpha value is -2.30. The maximum atomic E-state index is 11.4. The van der Waals surface area contributed by atoms with Crippen molar-refractivity contribution in [3.63, 3.8) is 0 Å². The molecule has 0 radical (unpaired) electrons. The number of fused-ring (bicyclic) bond motifs is 2. The van der Waals surface area contributed by atoms with Gasteiger partial charge in [0, 0.05) is 25.0 Å². The number of hydrogen-bond acceptors (Lipinski definition) is 4. The van der Waals surface area contributed by atoms with Crippen molar-refractivity contribution in [3.05, 3.63) is 65.7 Å². The molecule has 1 saturated heterocycles. The van der Waals surface area contributed by atoms with Crippen molar-refractivity contribution in [2.45, 2.75) is 43.7 Å². The van der Waals surface area contributed by atoms with Crippen molar-refractivity contribution in [2.24, 2.45) is 5.92 Å². The SMILES string of the molecule is O[C@]12CCCC[C@H]1[C@H](c1ccc3c(c1)OCO3)N(C/C=C/c1ccccc1)CC2. The Morgan fingerprint density at radius 1 is 1.03 bits per heavy atom. The average molecular weight is 392 g/mol. The van der Waals surface area contributed by atoms with Crippen LogP contribution >= 0.6 is 0 Å². The Morgan fingerprint density at radius 3 is 2.79 bits per heavy atom. The van der Waals surface area contributed by atoms with Crippen molar-refractivity contribution >= 4 is 6.08 Å². The van der Waals surface area contributed by atoms with Gasteiger partial charge in [0.25, 0.3) is 0 Å². The minimum Gasteiger partial charge on any atom is -0.454 e. The first-order chi connectivity index (χ1) is 14.2. The maximum absolute atomic E-state index is 11.4. The fourth-order valence-corrected chi connectivity index (χ4v) is 5.38. The number of aliphatic hydroxyl groups is 1. The van der Waals surface area contributed by atoms with E-state index in [1.165, 1.54) is 17.5 Å². The van der Waals surface area contributed by atoms with E-state index in [0.717, 1.165) is 50.3 Å². The number of hydrogen-bond donors (Lipinski definition) is 1. The molecule has 3 atom stereocenters. The van der Waals surface area contributed by atoms with Crippen molar-refractivity contribution in [1.29, 1.82) is 0 Å². The zero-order chi connectivity index (χ0) is 19.7. The molecule has 0 aromatic heterocycles. The van der Waals surface area contributed by atoms with E-state index in [-0.39, 0.29) is 12.0 Å². The first kappa shape index (κ1) is 18.7. The molecule has 29 heavy (non-hydrogen) atoms. The van der Waals surface area contributed by atoms with Gasteiger partial charge in [-0.3, -0.25) is 4.90 Å². The van der Waals surface area contributed by atoms with Crippen LogP contribution in [-0.2, 0) is 0 Å². The van der Waals surface area contributed by atoms with Gasteiger partial charge in [-0.05, 0) is 42.5 Å². The van der Waals surface area contributed by atoms with E-state index in [1.54, 1.807) is 0 Å². The van der Waals surface area contributed by atoms with Gasteiger partial charge in [0.15, 0.2) is 11.5 Å². The minimum atomic E-state index is -0.543. The van der Waals surface area contributed by atoms with Crippen LogP contribution in [0.5, 0.6) is 11.5 Å². The molecule has 3 aliphatic rings. The van der Waals surface area contributed by atoms with Crippen LogP contribution in [0.2, 0.25) is 0 Å². The van der Waals surface area contributed by atoms with Crippen LogP contribution in [0.25, 0.3) is 6.08 Å². The molecule has 152 valence electrons. The Morgan fingerprint density at radius 2 is 1.90 bits per heavy atom. The summed E-state index contributed by atoms with van der Waals surface area (Å²) >= 11 is 0. The van der Waals surface area contributed by atoms with Crippen LogP contribution in [0.1, 0.15) is 49.3 Å². The highest BCUT2D eigenvalue weighted by Gasteiger charge is 2.48. The number of likely N-dealkylation sites (tertiary alicyclic amines) is 1. The third-order valence-corrected chi connectivity index (χ3v) is 6.86. The second-order valence-electron chi connectivity index (χ2n) is 8.57. The molecule has 1 saturated carbocycles. The van der Waals surface area contributed by atoms with E-state index in [2.05, 4.69) is 53.5 Å². The van der Waals surface area contributed by atoms with Crippen LogP contribution in [0.4, 0.5) is 0 Å². The van der Waals surface area contributed by atoms with Crippen LogP contribution < -0.4 is 9.47 Å². The van der Waals surface area contributed by atoms with Gasteiger partial charge in [-0.25, -0.2) is 0 Å². The van der Waals surface area contributed by atoms with E-state index in [4.69, 9.17) is 9.47 Å². The summed E-state index contributed by atoms with van der Waals surface area (Å²) in [6, 6.07) is 16.9. The summed E-state index contributed by atoms with van der Waals surface area (Å²) in [4.78, 5) is 2.53. The monoisotopic (exact) mass is 391 g/mol. The smallest absolute Gasteiger partial charge is 0.231 e. The van der Waals surface area contributed by atoms with E-state index >= 15 is 0 Å². The molecule has 4 heteroatoms. The van der Waals surface area contributed by atoms with Crippen LogP contribution in [0.3, 0.4) is 0 Å². The number of piperidine rings is 1. The lowest BCUT2D eigenvalue weighted by atomic mass is 9.66. The number of nitrogens with zero attached hydrogens (tertiary/aromatic N) is 1. The second-order valence-corrected chi connectivity index (χ2v) is 8.57. The summed E-state index contributed by atoms with van der Waals surface area (Å²) in [5.74, 6) is 1.90. The number of benzene rings is 2. The summed E-state index contributed by atoms with van der Waals surface area (Å²) in [6.07, 6.45) is 9.64. The van der Waals surface area contributed by atoms with E-state index in [0.29, 0.717) is 6.79 Å². The van der Waals surface area contributed by atoms with Gasteiger partial charge < -0.3 is 14.6 Å². The van der Waals surface area contributed by atoms with Crippen molar-refractivity contribution in [3.8, 4) is 11.5 Å². The second kappa shape index (κ2) is 7.85. The summed E-state index contributed by atoms with van der Waals surface area (Å²) in [5, 5.41) is 11.4. The topological polar surface area (TPSA) is 41.9 Å². The highest BCUT2D eigenvalue weighted by molar-refractivity contribution is 5.49. The highest BCUT2D eigenvalue weighted by atomic mass is 16.7. The molecule has 0 spiro atoms. The summed E-state index contributed by atoms with van der Waals surface area (Å²) in [7, 11) is 0. The molecular weight excluding hydrogens is 362 g/mol. The maximum Gasteiger partial charge on any atom is 0.231 e. The van der Waals surface area contributed by atoms with E-state index in [9.17, 15) is 5.11 Å². The van der Waals surface area contributed by atoms with Gasteiger partial charge in [0.2, 0.25) is 6.79 Å². The molecule has 5 rings (SSSR count). The quantitative estimate of drug-likeness (QED) is 0.813. The molecule has 1 aliphatic carbocycles. The highest BCUT2D eigenvalue weighted by Crippen LogP contribution is 2.50.